The first kappa shape index (κ1) is 16.7. The van der Waals surface area contributed by atoms with E-state index in [1.165, 1.54) is 25.3 Å². The van der Waals surface area contributed by atoms with Gasteiger partial charge in [-0.3, -0.25) is 14.9 Å². The van der Waals surface area contributed by atoms with Crippen LogP contribution in [-0.2, 0) is 4.79 Å². The molecule has 21 heavy (non-hydrogen) atoms. The lowest BCUT2D eigenvalue weighted by molar-refractivity contribution is -0.385. The fraction of sp³-hybridized carbons (Fsp3) is 0.500. The third-order valence-electron chi connectivity index (χ3n) is 3.11. The van der Waals surface area contributed by atoms with Crippen LogP contribution in [0, 0.1) is 16.0 Å². The second kappa shape index (κ2) is 7.47. The molecule has 7 nitrogen and oxygen atoms in total. The van der Waals surface area contributed by atoms with Gasteiger partial charge in [0.05, 0.1) is 18.1 Å². The fourth-order valence-corrected chi connectivity index (χ4v) is 1.50. The van der Waals surface area contributed by atoms with Crippen molar-refractivity contribution in [3.63, 3.8) is 0 Å². The van der Waals surface area contributed by atoms with Gasteiger partial charge in [0, 0.05) is 12.1 Å². The van der Waals surface area contributed by atoms with Crippen LogP contribution in [0.25, 0.3) is 0 Å². The molecule has 1 aromatic carbocycles. The van der Waals surface area contributed by atoms with Crippen molar-refractivity contribution in [1.29, 1.82) is 0 Å². The van der Waals surface area contributed by atoms with Crippen LogP contribution >= 0.6 is 0 Å². The molecule has 0 aromatic heterocycles. The molecule has 0 unspecified atom stereocenters. The molecule has 1 atom stereocenters. The standard InChI is InChI=1S/C14H20N2O5/c1-9(2)10(3)15-14(17)8-21-13-7-11(16(18)19)5-6-12(13)20-4/h5-7,9-10H,8H2,1-4H3,(H,15,17)/t10-/m0/s1. The maximum absolute atomic E-state index is 11.7. The van der Waals surface area contributed by atoms with Crippen molar-refractivity contribution in [1.82, 2.24) is 5.32 Å². The number of nitrogens with zero attached hydrogens (tertiary/aromatic N) is 1. The van der Waals surface area contributed by atoms with Gasteiger partial charge < -0.3 is 14.8 Å². The SMILES string of the molecule is COc1ccc([N+](=O)[O-])cc1OCC(=O)N[C@@H](C)C(C)C. The summed E-state index contributed by atoms with van der Waals surface area (Å²) in [6.07, 6.45) is 0. The molecule has 0 aliphatic rings. The van der Waals surface area contributed by atoms with E-state index in [1.54, 1.807) is 0 Å². The Morgan fingerprint density at radius 2 is 2.00 bits per heavy atom. The van der Waals surface area contributed by atoms with E-state index in [9.17, 15) is 14.9 Å². The summed E-state index contributed by atoms with van der Waals surface area (Å²) in [4.78, 5) is 21.9. The Morgan fingerprint density at radius 1 is 1.33 bits per heavy atom. The van der Waals surface area contributed by atoms with Crippen LogP contribution in [0.4, 0.5) is 5.69 Å². The highest BCUT2D eigenvalue weighted by atomic mass is 16.6. The summed E-state index contributed by atoms with van der Waals surface area (Å²) in [6.45, 7) is 5.66. The van der Waals surface area contributed by atoms with Crippen molar-refractivity contribution < 1.29 is 19.2 Å². The molecule has 0 heterocycles. The zero-order chi connectivity index (χ0) is 16.0. The van der Waals surface area contributed by atoms with Crippen LogP contribution in [0.2, 0.25) is 0 Å². The van der Waals surface area contributed by atoms with E-state index < -0.39 is 4.92 Å². The first-order chi connectivity index (χ1) is 9.85. The van der Waals surface area contributed by atoms with Gasteiger partial charge in [0.2, 0.25) is 0 Å². The summed E-state index contributed by atoms with van der Waals surface area (Å²) in [5, 5.41) is 13.5. The number of ether oxygens (including phenoxy) is 2. The Kier molecular flexibility index (Phi) is 5.95. The average molecular weight is 296 g/mol. The quantitative estimate of drug-likeness (QED) is 0.615. The van der Waals surface area contributed by atoms with Crippen molar-refractivity contribution in [3.05, 3.63) is 28.3 Å². The summed E-state index contributed by atoms with van der Waals surface area (Å²) in [7, 11) is 1.43. The maximum Gasteiger partial charge on any atom is 0.273 e. The summed E-state index contributed by atoms with van der Waals surface area (Å²) >= 11 is 0. The van der Waals surface area contributed by atoms with Crippen LogP contribution < -0.4 is 14.8 Å². The van der Waals surface area contributed by atoms with E-state index in [0.717, 1.165) is 0 Å². The number of non-ortho nitro benzene ring substituents is 1. The van der Waals surface area contributed by atoms with Gasteiger partial charge in [-0.15, -0.1) is 0 Å². The van der Waals surface area contributed by atoms with Crippen LogP contribution in [0.1, 0.15) is 20.8 Å². The fourth-order valence-electron chi connectivity index (χ4n) is 1.50. The number of benzene rings is 1. The summed E-state index contributed by atoms with van der Waals surface area (Å²) in [5.74, 6) is 0.524. The molecule has 1 amide bonds. The van der Waals surface area contributed by atoms with Gasteiger partial charge in [0.25, 0.3) is 11.6 Å². The molecule has 0 aliphatic heterocycles. The van der Waals surface area contributed by atoms with E-state index >= 15 is 0 Å². The normalized spacial score (nSPS) is 11.9. The molecule has 0 saturated carbocycles. The van der Waals surface area contributed by atoms with E-state index in [4.69, 9.17) is 9.47 Å². The number of carbonyl (C=O) groups excluding carboxylic acids is 1. The summed E-state index contributed by atoms with van der Waals surface area (Å²) < 4.78 is 10.4. The highest BCUT2D eigenvalue weighted by Gasteiger charge is 2.15. The van der Waals surface area contributed by atoms with Crippen LogP contribution in [-0.4, -0.2) is 30.6 Å². The van der Waals surface area contributed by atoms with Gasteiger partial charge in [-0.25, -0.2) is 0 Å². The Hall–Kier alpha value is -2.31. The number of rotatable bonds is 7. The van der Waals surface area contributed by atoms with Gasteiger partial charge >= 0.3 is 0 Å². The monoisotopic (exact) mass is 296 g/mol. The molecule has 0 saturated heterocycles. The number of carbonyl (C=O) groups is 1. The Balaban J connectivity index is 2.71. The second-order valence-electron chi connectivity index (χ2n) is 4.98. The van der Waals surface area contributed by atoms with Crippen molar-refractivity contribution in [3.8, 4) is 11.5 Å². The zero-order valence-corrected chi connectivity index (χ0v) is 12.6. The Morgan fingerprint density at radius 3 is 2.52 bits per heavy atom. The smallest absolute Gasteiger partial charge is 0.273 e. The summed E-state index contributed by atoms with van der Waals surface area (Å²) in [6, 6.07) is 4.00. The molecule has 0 bridgehead atoms. The largest absolute Gasteiger partial charge is 0.493 e. The lowest BCUT2D eigenvalue weighted by atomic mass is 10.1. The average Bonchev–Trinajstić information content (AvgIpc) is 2.44. The van der Waals surface area contributed by atoms with Gasteiger partial charge in [0.1, 0.15) is 0 Å². The van der Waals surface area contributed by atoms with Crippen molar-refractivity contribution in [2.24, 2.45) is 5.92 Å². The summed E-state index contributed by atoms with van der Waals surface area (Å²) in [5.41, 5.74) is -0.123. The van der Waals surface area contributed by atoms with Gasteiger partial charge in [-0.05, 0) is 18.9 Å². The molecule has 0 fully saturated rings. The molecular weight excluding hydrogens is 276 g/mol. The van der Waals surface area contributed by atoms with Crippen molar-refractivity contribution in [2.75, 3.05) is 13.7 Å². The number of hydrogen-bond donors (Lipinski definition) is 1. The minimum absolute atomic E-state index is 0.0214. The molecule has 116 valence electrons. The van der Waals surface area contributed by atoms with Crippen molar-refractivity contribution >= 4 is 11.6 Å². The minimum Gasteiger partial charge on any atom is -0.493 e. The van der Waals surface area contributed by atoms with Gasteiger partial charge in [0.15, 0.2) is 18.1 Å². The number of methoxy groups -OCH3 is 1. The number of hydrogen-bond acceptors (Lipinski definition) is 5. The molecule has 0 aliphatic carbocycles. The van der Waals surface area contributed by atoms with Crippen LogP contribution in [0.3, 0.4) is 0 Å². The predicted molar refractivity (Wildman–Crippen MR) is 77.6 cm³/mol. The van der Waals surface area contributed by atoms with Gasteiger partial charge in [-0.2, -0.15) is 0 Å². The van der Waals surface area contributed by atoms with E-state index in [1.807, 2.05) is 20.8 Å². The predicted octanol–water partition coefficient (Wildman–Crippen LogP) is 2.14. The number of nitro groups is 1. The molecule has 1 aromatic rings. The van der Waals surface area contributed by atoms with E-state index in [-0.39, 0.29) is 30.0 Å². The molecule has 0 spiro atoms. The molecule has 1 N–H and O–H groups in total. The maximum atomic E-state index is 11.7. The number of amides is 1. The van der Waals surface area contributed by atoms with E-state index in [0.29, 0.717) is 11.7 Å². The lowest BCUT2D eigenvalue weighted by Crippen LogP contribution is -2.38. The number of nitro benzene ring substituents is 1. The van der Waals surface area contributed by atoms with Crippen molar-refractivity contribution in [2.45, 2.75) is 26.8 Å². The topological polar surface area (TPSA) is 90.7 Å². The minimum atomic E-state index is -0.535. The van der Waals surface area contributed by atoms with E-state index in [2.05, 4.69) is 5.32 Å². The lowest BCUT2D eigenvalue weighted by Gasteiger charge is -2.17. The highest BCUT2D eigenvalue weighted by molar-refractivity contribution is 5.78. The first-order valence-electron chi connectivity index (χ1n) is 6.59. The molecular formula is C14H20N2O5. The number of nitrogens with one attached hydrogen (secondary N) is 1. The molecule has 7 heteroatoms. The van der Waals surface area contributed by atoms with Crippen LogP contribution in [0.5, 0.6) is 11.5 Å². The van der Waals surface area contributed by atoms with Gasteiger partial charge in [-0.1, -0.05) is 13.8 Å². The first-order valence-corrected chi connectivity index (χ1v) is 6.59. The molecule has 0 radical (unpaired) electrons. The zero-order valence-electron chi connectivity index (χ0n) is 12.6. The molecule has 1 rings (SSSR count). The third-order valence-corrected chi connectivity index (χ3v) is 3.11. The second-order valence-corrected chi connectivity index (χ2v) is 4.98. The third kappa shape index (κ3) is 4.94. The highest BCUT2D eigenvalue weighted by Crippen LogP contribution is 2.30. The Labute approximate surface area is 123 Å². The Bertz CT molecular complexity index is 516. The van der Waals surface area contributed by atoms with Crippen LogP contribution in [0.15, 0.2) is 18.2 Å².